The molecular formula is C28H28F3N5O2. The first kappa shape index (κ1) is 24.5. The zero-order chi connectivity index (χ0) is 26.6. The number of hydrogen-bond acceptors (Lipinski definition) is 6. The summed E-state index contributed by atoms with van der Waals surface area (Å²) in [7, 11) is 3.55. The van der Waals surface area contributed by atoms with Crippen molar-refractivity contribution < 1.29 is 22.7 Å². The zero-order valence-corrected chi connectivity index (χ0v) is 21.4. The summed E-state index contributed by atoms with van der Waals surface area (Å²) in [6, 6.07) is 8.11. The summed E-state index contributed by atoms with van der Waals surface area (Å²) in [5, 5.41) is 4.49. The van der Waals surface area contributed by atoms with E-state index < -0.39 is 29.1 Å². The van der Waals surface area contributed by atoms with Crippen molar-refractivity contribution in [3.8, 4) is 11.4 Å². The van der Waals surface area contributed by atoms with Gasteiger partial charge in [0.25, 0.3) is 0 Å². The second-order valence-electron chi connectivity index (χ2n) is 10.2. The summed E-state index contributed by atoms with van der Waals surface area (Å²) in [5.74, 6) is -2.57. The quantitative estimate of drug-likeness (QED) is 0.467. The first-order chi connectivity index (χ1) is 18.3. The van der Waals surface area contributed by atoms with Crippen molar-refractivity contribution in [2.24, 2.45) is 5.16 Å². The van der Waals surface area contributed by atoms with Crippen LogP contribution in [0.25, 0.3) is 11.8 Å². The van der Waals surface area contributed by atoms with Crippen molar-refractivity contribution >= 4 is 11.9 Å². The molecule has 0 aliphatic carbocycles. The lowest BCUT2D eigenvalue weighted by Crippen LogP contribution is -2.61. The maximum atomic E-state index is 14.4. The molecule has 2 fully saturated rings. The second-order valence-corrected chi connectivity index (χ2v) is 10.2. The highest BCUT2D eigenvalue weighted by Gasteiger charge is 2.57. The topological polar surface area (TPSA) is 55.1 Å². The highest BCUT2D eigenvalue weighted by molar-refractivity contribution is 6.03. The van der Waals surface area contributed by atoms with Crippen LogP contribution in [0.1, 0.15) is 29.7 Å². The molecular weight excluding hydrogens is 495 g/mol. The predicted octanol–water partition coefficient (Wildman–Crippen LogP) is 4.64. The van der Waals surface area contributed by atoms with Gasteiger partial charge in [-0.25, -0.2) is 18.2 Å². The Morgan fingerprint density at radius 2 is 1.95 bits per heavy atom. The largest absolute Gasteiger partial charge is 0.495 e. The molecule has 0 saturated carbocycles. The molecule has 0 radical (unpaired) electrons. The lowest BCUT2D eigenvalue weighted by molar-refractivity contribution is -0.0500. The van der Waals surface area contributed by atoms with Crippen LogP contribution in [0.5, 0.6) is 5.75 Å². The number of nitrogens with zero attached hydrogens (tertiary/aromatic N) is 5. The average molecular weight is 524 g/mol. The van der Waals surface area contributed by atoms with Gasteiger partial charge in [0.1, 0.15) is 11.3 Å². The maximum Gasteiger partial charge on any atom is 0.194 e. The van der Waals surface area contributed by atoms with Gasteiger partial charge in [-0.3, -0.25) is 4.90 Å². The molecule has 3 aliphatic rings. The first-order valence-electron chi connectivity index (χ1n) is 12.5. The fourth-order valence-corrected chi connectivity index (χ4v) is 5.95. The molecule has 2 saturated heterocycles. The van der Waals surface area contributed by atoms with Crippen LogP contribution in [0.3, 0.4) is 0 Å². The second kappa shape index (κ2) is 9.20. The summed E-state index contributed by atoms with van der Waals surface area (Å²) < 4.78 is 50.3. The van der Waals surface area contributed by atoms with Gasteiger partial charge in [-0.1, -0.05) is 11.2 Å². The normalized spacial score (nSPS) is 24.2. The highest BCUT2D eigenvalue weighted by Crippen LogP contribution is 2.45. The van der Waals surface area contributed by atoms with Gasteiger partial charge in [-0.15, -0.1) is 0 Å². The van der Waals surface area contributed by atoms with Crippen molar-refractivity contribution in [1.29, 1.82) is 0 Å². The van der Waals surface area contributed by atoms with E-state index in [2.05, 4.69) is 15.0 Å². The molecule has 2 atom stereocenters. The van der Waals surface area contributed by atoms with Crippen LogP contribution in [0.15, 0.2) is 53.6 Å². The number of methoxy groups -OCH3 is 1. The van der Waals surface area contributed by atoms with Crippen molar-refractivity contribution in [1.82, 2.24) is 19.4 Å². The molecule has 7 nitrogen and oxygen atoms in total. The summed E-state index contributed by atoms with van der Waals surface area (Å²) >= 11 is 0. The van der Waals surface area contributed by atoms with E-state index in [9.17, 15) is 13.2 Å². The fraction of sp³-hybridized carbons (Fsp3) is 0.357. The van der Waals surface area contributed by atoms with Crippen LogP contribution in [0.2, 0.25) is 0 Å². The number of oxime groups is 1. The molecule has 2 aromatic carbocycles. The van der Waals surface area contributed by atoms with Crippen LogP contribution in [-0.4, -0.2) is 65.1 Å². The number of benzene rings is 2. The van der Waals surface area contributed by atoms with Crippen LogP contribution in [0, 0.1) is 24.4 Å². The minimum atomic E-state index is -1.47. The summed E-state index contributed by atoms with van der Waals surface area (Å²) in [6.07, 6.45) is 6.83. The molecule has 3 aliphatic heterocycles. The number of likely N-dealkylation sites (tertiary alicyclic amines) is 1. The molecule has 38 heavy (non-hydrogen) atoms. The van der Waals surface area contributed by atoms with Gasteiger partial charge in [0, 0.05) is 25.8 Å². The lowest BCUT2D eigenvalue weighted by atomic mass is 9.81. The van der Waals surface area contributed by atoms with Crippen molar-refractivity contribution in [2.75, 3.05) is 33.8 Å². The Labute approximate surface area is 218 Å². The summed E-state index contributed by atoms with van der Waals surface area (Å²) in [6.45, 7) is 3.55. The minimum absolute atomic E-state index is 0.346. The van der Waals surface area contributed by atoms with E-state index in [1.807, 2.05) is 53.9 Å². The highest BCUT2D eigenvalue weighted by atomic mass is 19.2. The Balaban J connectivity index is 1.40. The standard InChI is InChI=1S/C28H28F3N5O2/c1-17-13-35(16-32-17)23-7-6-18(10-24(23)37-3)9-19-5-4-8-36-27(19)33-38-25-14-34(2)15-28(25,36)20-11-21(29)26(31)22(30)12-20/h6-7,9-13,16,25H,4-5,8,14-15H2,1-3H3/t25?,28-/m0/s1. The first-order valence-corrected chi connectivity index (χ1v) is 12.5. The number of fused-ring (bicyclic) bond motifs is 3. The van der Waals surface area contributed by atoms with Gasteiger partial charge in [0.15, 0.2) is 29.4 Å². The predicted molar refractivity (Wildman–Crippen MR) is 137 cm³/mol. The van der Waals surface area contributed by atoms with Crippen LogP contribution in [-0.2, 0) is 10.4 Å². The number of hydrogen-bond donors (Lipinski definition) is 0. The number of likely N-dealkylation sites (N-methyl/N-ethyl adjacent to an activating group) is 1. The van der Waals surface area contributed by atoms with E-state index in [4.69, 9.17) is 9.57 Å². The van der Waals surface area contributed by atoms with Gasteiger partial charge >= 0.3 is 0 Å². The van der Waals surface area contributed by atoms with E-state index in [0.717, 1.165) is 47.5 Å². The lowest BCUT2D eigenvalue weighted by Gasteiger charge is -2.50. The van der Waals surface area contributed by atoms with Crippen molar-refractivity contribution in [3.63, 3.8) is 0 Å². The molecule has 10 heteroatoms. The molecule has 0 N–H and O–H groups in total. The third-order valence-electron chi connectivity index (χ3n) is 7.66. The van der Waals surface area contributed by atoms with E-state index >= 15 is 0 Å². The number of imidazole rings is 1. The number of amidine groups is 1. The maximum absolute atomic E-state index is 14.4. The number of ether oxygens (including phenoxy) is 1. The van der Waals surface area contributed by atoms with Gasteiger partial charge in [0.2, 0.25) is 0 Å². The average Bonchev–Trinajstić information content (AvgIpc) is 3.49. The monoisotopic (exact) mass is 523 g/mol. The molecule has 0 spiro atoms. The molecule has 0 bridgehead atoms. The molecule has 198 valence electrons. The number of aryl methyl sites for hydroxylation is 1. The van der Waals surface area contributed by atoms with Gasteiger partial charge in [0.05, 0.1) is 24.8 Å². The van der Waals surface area contributed by atoms with E-state index in [-0.39, 0.29) is 0 Å². The third kappa shape index (κ3) is 3.86. The smallest absolute Gasteiger partial charge is 0.194 e. The molecule has 3 aromatic rings. The van der Waals surface area contributed by atoms with E-state index in [0.29, 0.717) is 36.8 Å². The number of halogens is 3. The Bertz CT molecular complexity index is 1450. The Morgan fingerprint density at radius 3 is 2.66 bits per heavy atom. The Hall–Kier alpha value is -3.79. The fourth-order valence-electron chi connectivity index (χ4n) is 5.95. The molecule has 0 amide bonds. The molecule has 4 heterocycles. The zero-order valence-electron chi connectivity index (χ0n) is 21.4. The van der Waals surface area contributed by atoms with E-state index in [1.165, 1.54) is 0 Å². The number of piperidine rings is 1. The van der Waals surface area contributed by atoms with Crippen LogP contribution < -0.4 is 4.74 Å². The van der Waals surface area contributed by atoms with Gasteiger partial charge in [-0.05, 0) is 73.9 Å². The molecule has 6 rings (SSSR count). The SMILES string of the molecule is COc1cc(C=C2CCCN3C2=NOC2CN(C)C[C@]23c2cc(F)c(F)c(F)c2)ccc1-n1cnc(C)c1. The van der Waals surface area contributed by atoms with Gasteiger partial charge < -0.3 is 19.0 Å². The van der Waals surface area contributed by atoms with Crippen LogP contribution in [0.4, 0.5) is 13.2 Å². The molecule has 1 aromatic heterocycles. The van der Waals surface area contributed by atoms with Crippen molar-refractivity contribution in [2.45, 2.75) is 31.4 Å². The summed E-state index contributed by atoms with van der Waals surface area (Å²) in [4.78, 5) is 14.4. The number of rotatable bonds is 4. The van der Waals surface area contributed by atoms with Gasteiger partial charge in [-0.2, -0.15) is 0 Å². The summed E-state index contributed by atoms with van der Waals surface area (Å²) in [5.41, 5.74) is 3.08. The third-order valence-corrected chi connectivity index (χ3v) is 7.66. The number of aromatic nitrogens is 2. The minimum Gasteiger partial charge on any atom is -0.495 e. The molecule has 1 unspecified atom stereocenters. The Morgan fingerprint density at radius 1 is 1.16 bits per heavy atom. The van der Waals surface area contributed by atoms with Crippen molar-refractivity contribution in [3.05, 3.63) is 82.7 Å². The van der Waals surface area contributed by atoms with Crippen LogP contribution >= 0.6 is 0 Å². The Kier molecular flexibility index (Phi) is 5.94. The van der Waals surface area contributed by atoms with E-state index in [1.54, 1.807) is 13.4 Å².